The number of carbonyl (C=O) groups is 3. The van der Waals surface area contributed by atoms with Gasteiger partial charge in [-0.2, -0.15) is 0 Å². The molecule has 0 aliphatic carbocycles. The highest BCUT2D eigenvalue weighted by atomic mass is 16.3. The first-order valence-corrected chi connectivity index (χ1v) is 10.6. The number of amides is 3. The topological polar surface area (TPSA) is 125 Å². The van der Waals surface area contributed by atoms with Crippen molar-refractivity contribution < 1.29 is 19.5 Å². The van der Waals surface area contributed by atoms with Crippen LogP contribution in [0, 0.1) is 11.3 Å². The number of rotatable bonds is 10. The smallest absolute Gasteiger partial charge is 0.245 e. The minimum absolute atomic E-state index is 0.0555. The van der Waals surface area contributed by atoms with E-state index in [9.17, 15) is 19.5 Å². The first-order chi connectivity index (χ1) is 14.3. The van der Waals surface area contributed by atoms with Gasteiger partial charge in [-0.15, -0.1) is 0 Å². The summed E-state index contributed by atoms with van der Waals surface area (Å²) in [5.74, 6) is -0.712. The maximum Gasteiger partial charge on any atom is 0.245 e. The van der Waals surface area contributed by atoms with Gasteiger partial charge in [0.1, 0.15) is 11.8 Å². The second-order valence-corrected chi connectivity index (χ2v) is 9.70. The summed E-state index contributed by atoms with van der Waals surface area (Å²) in [6.45, 7) is 10.4. The lowest BCUT2D eigenvalue weighted by molar-refractivity contribution is -0.138. The van der Waals surface area contributed by atoms with E-state index in [0.29, 0.717) is 13.0 Å². The van der Waals surface area contributed by atoms with Crippen LogP contribution in [-0.2, 0) is 20.8 Å². The number of benzene rings is 1. The zero-order chi connectivity index (χ0) is 23.8. The van der Waals surface area contributed by atoms with Crippen LogP contribution < -0.4 is 16.4 Å². The van der Waals surface area contributed by atoms with Gasteiger partial charge in [0.25, 0.3) is 0 Å². The van der Waals surface area contributed by atoms with E-state index < -0.39 is 18.0 Å². The molecule has 0 spiro atoms. The molecule has 0 bridgehead atoms. The number of nitrogens with two attached hydrogens (primary N) is 1. The predicted octanol–water partition coefficient (Wildman–Crippen LogP) is 1.41. The van der Waals surface area contributed by atoms with Crippen LogP contribution in [0.3, 0.4) is 0 Å². The van der Waals surface area contributed by atoms with E-state index in [1.54, 1.807) is 19.2 Å². The third kappa shape index (κ3) is 10.3. The molecule has 2 atom stereocenters. The van der Waals surface area contributed by atoms with Crippen LogP contribution in [0.4, 0.5) is 0 Å². The number of phenolic OH excluding ortho intramolecular Hbond substituents is 1. The molecule has 3 amide bonds. The van der Waals surface area contributed by atoms with E-state index in [4.69, 9.17) is 5.73 Å². The molecule has 0 fully saturated rings. The SMILES string of the molecule is CC(C)C[C@@H](NC(=O)[C@@H](N)Cc1ccc(O)cc1)C(=O)N(C)CC(=O)NCC(C)(C)C. The van der Waals surface area contributed by atoms with Gasteiger partial charge >= 0.3 is 0 Å². The summed E-state index contributed by atoms with van der Waals surface area (Å²) in [6, 6.07) is 4.85. The van der Waals surface area contributed by atoms with Crippen LogP contribution in [0.15, 0.2) is 24.3 Å². The van der Waals surface area contributed by atoms with E-state index in [-0.39, 0.29) is 41.9 Å². The second-order valence-electron chi connectivity index (χ2n) is 9.70. The molecule has 1 aromatic carbocycles. The summed E-state index contributed by atoms with van der Waals surface area (Å²) in [4.78, 5) is 39.1. The Kier molecular flexibility index (Phi) is 9.97. The molecule has 0 saturated carbocycles. The summed E-state index contributed by atoms with van der Waals surface area (Å²) < 4.78 is 0. The number of hydrogen-bond donors (Lipinski definition) is 4. The highest BCUT2D eigenvalue weighted by Gasteiger charge is 2.28. The van der Waals surface area contributed by atoms with Gasteiger partial charge in [-0.1, -0.05) is 46.8 Å². The highest BCUT2D eigenvalue weighted by Crippen LogP contribution is 2.12. The van der Waals surface area contributed by atoms with E-state index in [0.717, 1.165) is 5.56 Å². The normalized spacial score (nSPS) is 13.4. The van der Waals surface area contributed by atoms with Crippen LogP contribution in [0.5, 0.6) is 5.75 Å². The molecule has 0 heterocycles. The Labute approximate surface area is 185 Å². The molecule has 1 aromatic rings. The van der Waals surface area contributed by atoms with Crippen molar-refractivity contribution in [1.29, 1.82) is 0 Å². The van der Waals surface area contributed by atoms with Crippen LogP contribution in [-0.4, -0.2) is 59.9 Å². The number of carbonyl (C=O) groups excluding carboxylic acids is 3. The molecule has 0 unspecified atom stereocenters. The maximum atomic E-state index is 12.9. The quantitative estimate of drug-likeness (QED) is 0.443. The number of nitrogens with one attached hydrogen (secondary N) is 2. The van der Waals surface area contributed by atoms with Crippen molar-refractivity contribution in [2.45, 2.75) is 59.5 Å². The van der Waals surface area contributed by atoms with Gasteiger partial charge in [0.2, 0.25) is 17.7 Å². The zero-order valence-electron chi connectivity index (χ0n) is 19.6. The first kappa shape index (κ1) is 26.4. The van der Waals surface area contributed by atoms with Crippen LogP contribution in [0.25, 0.3) is 0 Å². The Bertz CT molecular complexity index is 741. The molecule has 31 heavy (non-hydrogen) atoms. The van der Waals surface area contributed by atoms with Crippen molar-refractivity contribution in [2.24, 2.45) is 17.1 Å². The van der Waals surface area contributed by atoms with Crippen LogP contribution >= 0.6 is 0 Å². The summed E-state index contributed by atoms with van der Waals surface area (Å²) >= 11 is 0. The average Bonchev–Trinajstić information content (AvgIpc) is 2.66. The van der Waals surface area contributed by atoms with Gasteiger partial charge < -0.3 is 26.4 Å². The third-order valence-electron chi connectivity index (χ3n) is 4.62. The van der Waals surface area contributed by atoms with E-state index in [1.165, 1.54) is 17.0 Å². The molecule has 174 valence electrons. The monoisotopic (exact) mass is 434 g/mol. The highest BCUT2D eigenvalue weighted by molar-refractivity contribution is 5.91. The largest absolute Gasteiger partial charge is 0.508 e. The number of likely N-dealkylation sites (N-methyl/N-ethyl adjacent to an activating group) is 1. The Morgan fingerprint density at radius 3 is 2.23 bits per heavy atom. The lowest BCUT2D eigenvalue weighted by atomic mass is 9.97. The maximum absolute atomic E-state index is 12.9. The minimum atomic E-state index is -0.840. The van der Waals surface area contributed by atoms with Gasteiger partial charge in [-0.05, 0) is 41.9 Å². The van der Waals surface area contributed by atoms with Crippen LogP contribution in [0.2, 0.25) is 0 Å². The van der Waals surface area contributed by atoms with Crippen molar-refractivity contribution in [1.82, 2.24) is 15.5 Å². The van der Waals surface area contributed by atoms with E-state index in [2.05, 4.69) is 10.6 Å². The lowest BCUT2D eigenvalue weighted by Gasteiger charge is -2.27. The summed E-state index contributed by atoms with van der Waals surface area (Å²) in [5, 5.41) is 14.9. The summed E-state index contributed by atoms with van der Waals surface area (Å²) in [5.41, 5.74) is 6.79. The Hall–Kier alpha value is -2.61. The molecule has 5 N–H and O–H groups in total. The fourth-order valence-electron chi connectivity index (χ4n) is 2.93. The van der Waals surface area contributed by atoms with Gasteiger partial charge in [0, 0.05) is 13.6 Å². The van der Waals surface area contributed by atoms with Gasteiger partial charge in [-0.25, -0.2) is 0 Å². The predicted molar refractivity (Wildman–Crippen MR) is 121 cm³/mol. The van der Waals surface area contributed by atoms with Crippen LogP contribution in [0.1, 0.15) is 46.6 Å². The number of hydrogen-bond acceptors (Lipinski definition) is 5. The lowest BCUT2D eigenvalue weighted by Crippen LogP contribution is -2.54. The fraction of sp³-hybridized carbons (Fsp3) is 0.609. The van der Waals surface area contributed by atoms with E-state index >= 15 is 0 Å². The standard InChI is InChI=1S/C23H38N4O4/c1-15(2)11-19(22(31)27(6)13-20(29)25-14-23(3,4)5)26-21(30)18(24)12-16-7-9-17(28)10-8-16/h7-10,15,18-19,28H,11-14,24H2,1-6H3,(H,25,29)(H,26,30)/t18-,19+/m0/s1. The van der Waals surface area contributed by atoms with Gasteiger partial charge in [-0.3, -0.25) is 14.4 Å². The van der Waals surface area contributed by atoms with Gasteiger partial charge in [0.15, 0.2) is 0 Å². The molecule has 0 saturated heterocycles. The van der Waals surface area contributed by atoms with Crippen molar-refractivity contribution in [2.75, 3.05) is 20.1 Å². The van der Waals surface area contributed by atoms with Gasteiger partial charge in [0.05, 0.1) is 12.6 Å². The molecule has 0 aliphatic rings. The third-order valence-corrected chi connectivity index (χ3v) is 4.62. The molecule has 0 aliphatic heterocycles. The van der Waals surface area contributed by atoms with E-state index in [1.807, 2.05) is 34.6 Å². The molecular formula is C23H38N4O4. The molecule has 1 rings (SSSR count). The molecule has 8 heteroatoms. The number of aromatic hydroxyl groups is 1. The minimum Gasteiger partial charge on any atom is -0.508 e. The molecule has 0 radical (unpaired) electrons. The number of phenols is 1. The molecule has 0 aromatic heterocycles. The summed E-state index contributed by atoms with van der Waals surface area (Å²) in [6.07, 6.45) is 0.713. The Morgan fingerprint density at radius 2 is 1.71 bits per heavy atom. The Balaban J connectivity index is 2.72. The first-order valence-electron chi connectivity index (χ1n) is 10.6. The second kappa shape index (κ2) is 11.7. The van der Waals surface area contributed by atoms with Crippen molar-refractivity contribution >= 4 is 17.7 Å². The van der Waals surface area contributed by atoms with Crippen molar-refractivity contribution in [3.8, 4) is 5.75 Å². The fourth-order valence-corrected chi connectivity index (χ4v) is 2.93. The number of nitrogens with zero attached hydrogens (tertiary/aromatic N) is 1. The van der Waals surface area contributed by atoms with Crippen molar-refractivity contribution in [3.05, 3.63) is 29.8 Å². The zero-order valence-corrected chi connectivity index (χ0v) is 19.6. The Morgan fingerprint density at radius 1 is 1.13 bits per heavy atom. The summed E-state index contributed by atoms with van der Waals surface area (Å²) in [7, 11) is 1.55. The molecule has 8 nitrogen and oxygen atoms in total. The average molecular weight is 435 g/mol. The molecular weight excluding hydrogens is 396 g/mol. The van der Waals surface area contributed by atoms with Crippen molar-refractivity contribution in [3.63, 3.8) is 0 Å².